The molecule has 36 heavy (non-hydrogen) atoms. The summed E-state index contributed by atoms with van der Waals surface area (Å²) in [7, 11) is 3.33. The molecule has 0 bridgehead atoms. The Morgan fingerprint density at radius 3 is 2.36 bits per heavy atom. The standard InChI is InChI=1S/C28H31N5O3/c1-34-22-10-8-20(9-11-22)18-30-28-31-24-17-26(36-19-21-6-4-3-5-7-21)25(35-2)16-23(24)27(32-28)33-14-12-29-13-15-33/h3-11,16-17,29H,12-15,18-19H2,1-2H3,(H,30,31,32). The van der Waals surface area contributed by atoms with Crippen molar-refractivity contribution in [2.24, 2.45) is 0 Å². The van der Waals surface area contributed by atoms with E-state index in [0.717, 1.165) is 59.8 Å². The molecule has 5 rings (SSSR count). The van der Waals surface area contributed by atoms with Gasteiger partial charge in [0.15, 0.2) is 11.5 Å². The molecule has 1 saturated heterocycles. The maximum atomic E-state index is 6.16. The molecule has 0 saturated carbocycles. The fourth-order valence-electron chi connectivity index (χ4n) is 4.25. The molecule has 1 fully saturated rings. The Morgan fingerprint density at radius 1 is 0.861 bits per heavy atom. The molecule has 8 nitrogen and oxygen atoms in total. The number of nitrogens with one attached hydrogen (secondary N) is 2. The van der Waals surface area contributed by atoms with Gasteiger partial charge in [-0.05, 0) is 29.3 Å². The molecule has 3 aromatic carbocycles. The third-order valence-corrected chi connectivity index (χ3v) is 6.22. The predicted octanol–water partition coefficient (Wildman–Crippen LogP) is 4.25. The highest BCUT2D eigenvalue weighted by Gasteiger charge is 2.19. The first-order valence-corrected chi connectivity index (χ1v) is 12.1. The van der Waals surface area contributed by atoms with Gasteiger partial charge >= 0.3 is 0 Å². The van der Waals surface area contributed by atoms with Gasteiger partial charge in [0.05, 0.1) is 19.7 Å². The van der Waals surface area contributed by atoms with Crippen molar-refractivity contribution in [3.63, 3.8) is 0 Å². The summed E-state index contributed by atoms with van der Waals surface area (Å²) in [5.74, 6) is 3.62. The summed E-state index contributed by atoms with van der Waals surface area (Å²) in [6.45, 7) is 4.62. The molecule has 0 unspecified atom stereocenters. The summed E-state index contributed by atoms with van der Waals surface area (Å²) in [6, 6.07) is 22.0. The van der Waals surface area contributed by atoms with Gasteiger partial charge < -0.3 is 29.7 Å². The topological polar surface area (TPSA) is 80.8 Å². The lowest BCUT2D eigenvalue weighted by Gasteiger charge is -2.29. The van der Waals surface area contributed by atoms with E-state index in [-0.39, 0.29) is 0 Å². The summed E-state index contributed by atoms with van der Waals surface area (Å²) in [6.07, 6.45) is 0. The Bertz CT molecular complexity index is 1290. The number of nitrogens with zero attached hydrogens (tertiary/aromatic N) is 3. The highest BCUT2D eigenvalue weighted by Crippen LogP contribution is 2.36. The van der Waals surface area contributed by atoms with Crippen LogP contribution in [0.15, 0.2) is 66.7 Å². The zero-order chi connectivity index (χ0) is 24.7. The molecular formula is C28H31N5O3. The molecule has 1 aliphatic heterocycles. The fourth-order valence-corrected chi connectivity index (χ4v) is 4.25. The Balaban J connectivity index is 1.47. The van der Waals surface area contributed by atoms with Crippen LogP contribution in [0.3, 0.4) is 0 Å². The van der Waals surface area contributed by atoms with Gasteiger partial charge in [-0.25, -0.2) is 4.98 Å². The van der Waals surface area contributed by atoms with Gasteiger partial charge in [-0.3, -0.25) is 0 Å². The van der Waals surface area contributed by atoms with Crippen LogP contribution in [0.5, 0.6) is 17.2 Å². The van der Waals surface area contributed by atoms with E-state index in [4.69, 9.17) is 24.2 Å². The second-order valence-corrected chi connectivity index (χ2v) is 8.60. The first-order chi connectivity index (χ1) is 17.7. The van der Waals surface area contributed by atoms with Crippen molar-refractivity contribution >= 4 is 22.7 Å². The Labute approximate surface area is 211 Å². The smallest absolute Gasteiger partial charge is 0.225 e. The molecule has 2 N–H and O–H groups in total. The van der Waals surface area contributed by atoms with E-state index in [9.17, 15) is 0 Å². The number of hydrogen-bond acceptors (Lipinski definition) is 8. The quantitative estimate of drug-likeness (QED) is 0.364. The minimum absolute atomic E-state index is 0.445. The normalized spacial score (nSPS) is 13.4. The van der Waals surface area contributed by atoms with Crippen molar-refractivity contribution in [1.82, 2.24) is 15.3 Å². The van der Waals surface area contributed by atoms with Gasteiger partial charge in [0.1, 0.15) is 18.2 Å². The number of benzene rings is 3. The minimum Gasteiger partial charge on any atom is -0.497 e. The largest absolute Gasteiger partial charge is 0.497 e. The number of piperazine rings is 1. The predicted molar refractivity (Wildman–Crippen MR) is 142 cm³/mol. The van der Waals surface area contributed by atoms with Crippen molar-refractivity contribution in [2.75, 3.05) is 50.6 Å². The molecular weight excluding hydrogens is 454 g/mol. The number of methoxy groups -OCH3 is 2. The van der Waals surface area contributed by atoms with Crippen LogP contribution in [0.2, 0.25) is 0 Å². The second kappa shape index (κ2) is 11.1. The van der Waals surface area contributed by atoms with Crippen molar-refractivity contribution in [1.29, 1.82) is 0 Å². The summed E-state index contributed by atoms with van der Waals surface area (Å²) in [4.78, 5) is 12.1. The van der Waals surface area contributed by atoms with E-state index in [0.29, 0.717) is 30.6 Å². The molecule has 4 aromatic rings. The van der Waals surface area contributed by atoms with E-state index >= 15 is 0 Å². The zero-order valence-electron chi connectivity index (χ0n) is 20.7. The summed E-state index contributed by atoms with van der Waals surface area (Å²) in [5.41, 5.74) is 3.01. The van der Waals surface area contributed by atoms with Gasteiger partial charge in [0.2, 0.25) is 5.95 Å². The van der Waals surface area contributed by atoms with E-state index in [1.54, 1.807) is 14.2 Å². The third-order valence-electron chi connectivity index (χ3n) is 6.22. The lowest BCUT2D eigenvalue weighted by Crippen LogP contribution is -2.44. The molecule has 186 valence electrons. The first kappa shape index (κ1) is 23.7. The Kier molecular flexibility index (Phi) is 7.33. The SMILES string of the molecule is COc1ccc(CNc2nc(N3CCNCC3)c3cc(OC)c(OCc4ccccc4)cc3n2)cc1. The van der Waals surface area contributed by atoms with Crippen LogP contribution in [0.4, 0.5) is 11.8 Å². The molecule has 2 heterocycles. The van der Waals surface area contributed by atoms with Crippen LogP contribution in [-0.2, 0) is 13.2 Å². The molecule has 0 spiro atoms. The van der Waals surface area contributed by atoms with E-state index in [1.165, 1.54) is 0 Å². The molecule has 0 atom stereocenters. The van der Waals surface area contributed by atoms with Crippen molar-refractivity contribution in [2.45, 2.75) is 13.2 Å². The zero-order valence-corrected chi connectivity index (χ0v) is 20.7. The fraction of sp³-hybridized carbons (Fsp3) is 0.286. The molecule has 1 aliphatic rings. The Hall–Kier alpha value is -4.04. The molecule has 8 heteroatoms. The number of rotatable bonds is 9. The van der Waals surface area contributed by atoms with Gasteiger partial charge in [-0.2, -0.15) is 4.98 Å². The van der Waals surface area contributed by atoms with Crippen molar-refractivity contribution in [3.05, 3.63) is 77.9 Å². The van der Waals surface area contributed by atoms with E-state index in [1.807, 2.05) is 66.7 Å². The van der Waals surface area contributed by atoms with Gasteiger partial charge in [-0.1, -0.05) is 42.5 Å². The van der Waals surface area contributed by atoms with Crippen molar-refractivity contribution in [3.8, 4) is 17.2 Å². The lowest BCUT2D eigenvalue weighted by atomic mass is 10.1. The molecule has 0 radical (unpaired) electrons. The highest BCUT2D eigenvalue weighted by atomic mass is 16.5. The average molecular weight is 486 g/mol. The van der Waals surface area contributed by atoms with Crippen LogP contribution in [0, 0.1) is 0 Å². The number of aromatic nitrogens is 2. The van der Waals surface area contributed by atoms with Gasteiger partial charge in [0.25, 0.3) is 0 Å². The average Bonchev–Trinajstić information content (AvgIpc) is 2.95. The van der Waals surface area contributed by atoms with Crippen LogP contribution in [-0.4, -0.2) is 50.4 Å². The maximum absolute atomic E-state index is 6.16. The van der Waals surface area contributed by atoms with Crippen LogP contribution in [0.25, 0.3) is 10.9 Å². The maximum Gasteiger partial charge on any atom is 0.225 e. The Morgan fingerprint density at radius 2 is 1.64 bits per heavy atom. The highest BCUT2D eigenvalue weighted by molar-refractivity contribution is 5.93. The summed E-state index contributed by atoms with van der Waals surface area (Å²) < 4.78 is 17.1. The lowest BCUT2D eigenvalue weighted by molar-refractivity contribution is 0.285. The van der Waals surface area contributed by atoms with E-state index in [2.05, 4.69) is 15.5 Å². The summed E-state index contributed by atoms with van der Waals surface area (Å²) >= 11 is 0. The number of fused-ring (bicyclic) bond motifs is 1. The monoisotopic (exact) mass is 485 g/mol. The summed E-state index contributed by atoms with van der Waals surface area (Å²) in [5, 5.41) is 7.75. The molecule has 0 amide bonds. The second-order valence-electron chi connectivity index (χ2n) is 8.60. The van der Waals surface area contributed by atoms with Gasteiger partial charge in [-0.15, -0.1) is 0 Å². The van der Waals surface area contributed by atoms with Crippen LogP contribution in [0.1, 0.15) is 11.1 Å². The molecule has 1 aromatic heterocycles. The van der Waals surface area contributed by atoms with E-state index < -0.39 is 0 Å². The number of ether oxygens (including phenoxy) is 3. The number of hydrogen-bond donors (Lipinski definition) is 2. The van der Waals surface area contributed by atoms with Crippen LogP contribution >= 0.6 is 0 Å². The third kappa shape index (κ3) is 5.44. The van der Waals surface area contributed by atoms with Crippen molar-refractivity contribution < 1.29 is 14.2 Å². The molecule has 0 aliphatic carbocycles. The van der Waals surface area contributed by atoms with Crippen LogP contribution < -0.4 is 29.7 Å². The first-order valence-electron chi connectivity index (χ1n) is 12.1. The minimum atomic E-state index is 0.445. The number of anilines is 2. The van der Waals surface area contributed by atoms with Gasteiger partial charge in [0, 0.05) is 44.2 Å².